The molecule has 2 rings (SSSR count). The van der Waals surface area contributed by atoms with Gasteiger partial charge in [-0.2, -0.15) is 0 Å². The van der Waals surface area contributed by atoms with Gasteiger partial charge in [0.15, 0.2) is 0 Å². The summed E-state index contributed by atoms with van der Waals surface area (Å²) >= 11 is 0. The van der Waals surface area contributed by atoms with Crippen molar-refractivity contribution >= 4 is 18.3 Å². The Kier molecular flexibility index (Phi) is 7.16. The normalized spacial score (nSPS) is 26.0. The third-order valence-corrected chi connectivity index (χ3v) is 4.63. The molecule has 0 radical (unpaired) electrons. The molecule has 0 aromatic rings. The second kappa shape index (κ2) is 8.11. The fourth-order valence-corrected chi connectivity index (χ4v) is 3.61. The van der Waals surface area contributed by atoms with Gasteiger partial charge in [0, 0.05) is 25.0 Å². The highest BCUT2D eigenvalue weighted by molar-refractivity contribution is 5.85. The average molecular weight is 289 g/mol. The number of carbonyl (C=O) groups excluding carboxylic acids is 1. The molecule has 1 aliphatic heterocycles. The molecule has 2 fully saturated rings. The van der Waals surface area contributed by atoms with Crippen molar-refractivity contribution in [3.8, 4) is 0 Å². The largest absolute Gasteiger partial charge is 0.339 e. The molecule has 1 heterocycles. The Labute approximate surface area is 123 Å². The molecule has 112 valence electrons. The van der Waals surface area contributed by atoms with Crippen molar-refractivity contribution in [1.82, 2.24) is 4.90 Å². The Balaban J connectivity index is 0.00000180. The lowest BCUT2D eigenvalue weighted by molar-refractivity contribution is -0.133. The average Bonchev–Trinajstić information content (AvgIpc) is 2.86. The highest BCUT2D eigenvalue weighted by Gasteiger charge is 2.34. The number of likely N-dealkylation sites (tertiary alicyclic amines) is 1. The van der Waals surface area contributed by atoms with Crippen molar-refractivity contribution in [2.75, 3.05) is 6.54 Å². The van der Waals surface area contributed by atoms with Crippen LogP contribution in [0.15, 0.2) is 0 Å². The number of hydrogen-bond donors (Lipinski definition) is 1. The number of rotatable bonds is 4. The summed E-state index contributed by atoms with van der Waals surface area (Å²) in [6, 6.07) is 0.690. The van der Waals surface area contributed by atoms with Crippen molar-refractivity contribution in [2.45, 2.75) is 76.8 Å². The standard InChI is InChI=1S/C15H28N2O.ClH/c1-12(16)9-10-15(18)17-11-5-8-14(17)13-6-3-2-4-7-13;/h12-14H,2-11,16H2,1H3;1H. The summed E-state index contributed by atoms with van der Waals surface area (Å²) in [5.74, 6) is 1.13. The van der Waals surface area contributed by atoms with Gasteiger partial charge in [0.05, 0.1) is 0 Å². The van der Waals surface area contributed by atoms with Crippen molar-refractivity contribution in [3.63, 3.8) is 0 Å². The van der Waals surface area contributed by atoms with E-state index >= 15 is 0 Å². The molecule has 2 unspecified atom stereocenters. The predicted molar refractivity (Wildman–Crippen MR) is 81.4 cm³/mol. The van der Waals surface area contributed by atoms with Gasteiger partial charge in [0.25, 0.3) is 0 Å². The Hall–Kier alpha value is -0.280. The van der Waals surface area contributed by atoms with E-state index in [1.165, 1.54) is 44.9 Å². The first-order chi connectivity index (χ1) is 8.68. The molecule has 2 atom stereocenters. The topological polar surface area (TPSA) is 46.3 Å². The van der Waals surface area contributed by atoms with E-state index in [2.05, 4.69) is 4.90 Å². The van der Waals surface area contributed by atoms with Crippen LogP contribution in [-0.4, -0.2) is 29.4 Å². The van der Waals surface area contributed by atoms with Crippen LogP contribution in [0.3, 0.4) is 0 Å². The van der Waals surface area contributed by atoms with Gasteiger partial charge in [0.2, 0.25) is 5.91 Å². The highest BCUT2D eigenvalue weighted by atomic mass is 35.5. The van der Waals surface area contributed by atoms with E-state index in [-0.39, 0.29) is 18.4 Å². The van der Waals surface area contributed by atoms with Gasteiger partial charge in [0.1, 0.15) is 0 Å². The summed E-state index contributed by atoms with van der Waals surface area (Å²) in [6.45, 7) is 2.97. The molecule has 2 aliphatic rings. The van der Waals surface area contributed by atoms with Crippen LogP contribution in [0.5, 0.6) is 0 Å². The fourth-order valence-electron chi connectivity index (χ4n) is 3.61. The lowest BCUT2D eigenvalue weighted by Gasteiger charge is -2.34. The number of hydrogen-bond acceptors (Lipinski definition) is 2. The van der Waals surface area contributed by atoms with E-state index in [4.69, 9.17) is 5.73 Å². The molecule has 19 heavy (non-hydrogen) atoms. The van der Waals surface area contributed by atoms with Crippen LogP contribution in [0, 0.1) is 5.92 Å². The third kappa shape index (κ3) is 4.64. The fraction of sp³-hybridized carbons (Fsp3) is 0.933. The first-order valence-electron chi connectivity index (χ1n) is 7.73. The predicted octanol–water partition coefficient (Wildman–Crippen LogP) is 3.11. The number of nitrogens with two attached hydrogens (primary N) is 1. The maximum absolute atomic E-state index is 12.3. The number of amides is 1. The summed E-state index contributed by atoms with van der Waals surface area (Å²) in [6.07, 6.45) is 10.7. The van der Waals surface area contributed by atoms with E-state index in [9.17, 15) is 4.79 Å². The molecule has 1 saturated heterocycles. The summed E-state index contributed by atoms with van der Waals surface area (Å²) in [5.41, 5.74) is 5.75. The summed E-state index contributed by atoms with van der Waals surface area (Å²) in [7, 11) is 0. The lowest BCUT2D eigenvalue weighted by atomic mass is 9.83. The van der Waals surface area contributed by atoms with Gasteiger partial charge < -0.3 is 10.6 Å². The van der Waals surface area contributed by atoms with E-state index in [1.54, 1.807) is 0 Å². The van der Waals surface area contributed by atoms with Crippen molar-refractivity contribution in [3.05, 3.63) is 0 Å². The number of nitrogens with zero attached hydrogens (tertiary/aromatic N) is 1. The zero-order chi connectivity index (χ0) is 13.0. The molecule has 0 aromatic carbocycles. The smallest absolute Gasteiger partial charge is 0.222 e. The molecule has 0 spiro atoms. The zero-order valence-electron chi connectivity index (χ0n) is 12.1. The van der Waals surface area contributed by atoms with Crippen LogP contribution in [0.25, 0.3) is 0 Å². The molecular weight excluding hydrogens is 260 g/mol. The van der Waals surface area contributed by atoms with Gasteiger partial charge in [-0.3, -0.25) is 4.79 Å². The molecule has 0 bridgehead atoms. The van der Waals surface area contributed by atoms with E-state index in [0.29, 0.717) is 18.4 Å². The molecule has 3 nitrogen and oxygen atoms in total. The second-order valence-electron chi connectivity index (χ2n) is 6.21. The molecule has 0 aromatic heterocycles. The van der Waals surface area contributed by atoms with Gasteiger partial charge in [-0.05, 0) is 44.9 Å². The molecule has 4 heteroatoms. The SMILES string of the molecule is CC(N)CCC(=O)N1CCCC1C1CCCCC1.Cl. The Morgan fingerprint density at radius 2 is 1.89 bits per heavy atom. The molecule has 1 amide bonds. The van der Waals surface area contributed by atoms with Gasteiger partial charge in [-0.15, -0.1) is 12.4 Å². The zero-order valence-corrected chi connectivity index (χ0v) is 13.0. The van der Waals surface area contributed by atoms with Crippen LogP contribution >= 0.6 is 12.4 Å². The minimum Gasteiger partial charge on any atom is -0.339 e. The highest BCUT2D eigenvalue weighted by Crippen LogP contribution is 2.34. The Bertz CT molecular complexity index is 277. The van der Waals surface area contributed by atoms with Crippen LogP contribution in [0.1, 0.15) is 64.7 Å². The summed E-state index contributed by atoms with van der Waals surface area (Å²) in [4.78, 5) is 14.5. The van der Waals surface area contributed by atoms with Gasteiger partial charge in [-0.25, -0.2) is 0 Å². The minimum absolute atomic E-state index is 0. The van der Waals surface area contributed by atoms with Crippen molar-refractivity contribution < 1.29 is 4.79 Å². The van der Waals surface area contributed by atoms with Gasteiger partial charge >= 0.3 is 0 Å². The van der Waals surface area contributed by atoms with E-state index < -0.39 is 0 Å². The second-order valence-corrected chi connectivity index (χ2v) is 6.21. The molecular formula is C15H29ClN2O. The van der Waals surface area contributed by atoms with Crippen molar-refractivity contribution in [1.29, 1.82) is 0 Å². The number of halogens is 1. The first kappa shape index (κ1) is 16.8. The van der Waals surface area contributed by atoms with Crippen molar-refractivity contribution in [2.24, 2.45) is 11.7 Å². The quantitative estimate of drug-likeness (QED) is 0.864. The molecule has 1 saturated carbocycles. The summed E-state index contributed by atoms with van der Waals surface area (Å²) in [5, 5.41) is 0. The minimum atomic E-state index is 0. The third-order valence-electron chi connectivity index (χ3n) is 4.63. The Morgan fingerprint density at radius 3 is 2.53 bits per heavy atom. The molecule has 1 aliphatic carbocycles. The monoisotopic (exact) mass is 288 g/mol. The van der Waals surface area contributed by atoms with Crippen LogP contribution < -0.4 is 5.73 Å². The maximum atomic E-state index is 12.3. The Morgan fingerprint density at radius 1 is 1.21 bits per heavy atom. The van der Waals surface area contributed by atoms with Crippen LogP contribution in [0.2, 0.25) is 0 Å². The molecule has 2 N–H and O–H groups in total. The number of carbonyl (C=O) groups is 1. The van der Waals surface area contributed by atoms with Gasteiger partial charge in [-0.1, -0.05) is 19.3 Å². The van der Waals surface area contributed by atoms with Crippen LogP contribution in [0.4, 0.5) is 0 Å². The maximum Gasteiger partial charge on any atom is 0.222 e. The lowest BCUT2D eigenvalue weighted by Crippen LogP contribution is -2.41. The van der Waals surface area contributed by atoms with Crippen LogP contribution in [-0.2, 0) is 4.79 Å². The summed E-state index contributed by atoms with van der Waals surface area (Å²) < 4.78 is 0. The van der Waals surface area contributed by atoms with E-state index in [1.807, 2.05) is 6.92 Å². The van der Waals surface area contributed by atoms with E-state index in [0.717, 1.165) is 18.9 Å². The first-order valence-corrected chi connectivity index (χ1v) is 7.73.